The van der Waals surface area contributed by atoms with Crippen LogP contribution >= 0.6 is 0 Å². The van der Waals surface area contributed by atoms with Crippen molar-refractivity contribution >= 4 is 0 Å². The largest absolute Gasteiger partial charge is 0.314 e. The lowest BCUT2D eigenvalue weighted by atomic mass is 9.82. The SMILES string of the molecule is c1ccc(C2CNCCN2C2CN3CCC2CC3)cc1. The Labute approximate surface area is 121 Å². The number of nitrogens with one attached hydrogen (secondary N) is 1. The van der Waals surface area contributed by atoms with Crippen LogP contribution in [0.1, 0.15) is 24.4 Å². The Morgan fingerprint density at radius 2 is 1.80 bits per heavy atom. The molecule has 108 valence electrons. The minimum atomic E-state index is 0.565. The van der Waals surface area contributed by atoms with E-state index < -0.39 is 0 Å². The Hall–Kier alpha value is -0.900. The van der Waals surface area contributed by atoms with Crippen LogP contribution in [-0.2, 0) is 0 Å². The highest BCUT2D eigenvalue weighted by atomic mass is 15.3. The molecule has 4 fully saturated rings. The number of piperazine rings is 1. The van der Waals surface area contributed by atoms with Gasteiger partial charge in [0.05, 0.1) is 0 Å². The molecule has 4 aliphatic heterocycles. The van der Waals surface area contributed by atoms with Crippen LogP contribution in [0.25, 0.3) is 0 Å². The van der Waals surface area contributed by atoms with Crippen LogP contribution in [0.4, 0.5) is 0 Å². The maximum absolute atomic E-state index is 3.59. The first-order valence-corrected chi connectivity index (χ1v) is 8.15. The maximum atomic E-state index is 3.59. The number of hydrogen-bond donors (Lipinski definition) is 1. The molecule has 0 amide bonds. The van der Waals surface area contributed by atoms with E-state index in [1.807, 2.05) is 0 Å². The molecule has 3 nitrogen and oxygen atoms in total. The van der Waals surface area contributed by atoms with Crippen molar-refractivity contribution in [1.82, 2.24) is 15.1 Å². The van der Waals surface area contributed by atoms with Crippen LogP contribution in [0.15, 0.2) is 30.3 Å². The Bertz CT molecular complexity index is 439. The fourth-order valence-corrected chi connectivity index (χ4v) is 4.41. The Morgan fingerprint density at radius 1 is 1.00 bits per heavy atom. The number of nitrogens with zero attached hydrogens (tertiary/aromatic N) is 2. The van der Waals surface area contributed by atoms with Gasteiger partial charge in [-0.3, -0.25) is 4.90 Å². The summed E-state index contributed by atoms with van der Waals surface area (Å²) in [6.45, 7) is 7.43. The number of benzene rings is 1. The van der Waals surface area contributed by atoms with Gasteiger partial charge in [-0.2, -0.15) is 0 Å². The van der Waals surface area contributed by atoms with Crippen molar-refractivity contribution < 1.29 is 0 Å². The van der Waals surface area contributed by atoms with Gasteiger partial charge in [0, 0.05) is 38.3 Å². The van der Waals surface area contributed by atoms with Crippen LogP contribution < -0.4 is 5.32 Å². The van der Waals surface area contributed by atoms with Crippen molar-refractivity contribution in [3.63, 3.8) is 0 Å². The zero-order valence-corrected chi connectivity index (χ0v) is 12.2. The molecule has 0 aliphatic carbocycles. The lowest BCUT2D eigenvalue weighted by molar-refractivity contribution is -0.0228. The molecule has 0 aromatic heterocycles. The maximum Gasteiger partial charge on any atom is 0.0476 e. The molecule has 4 heterocycles. The fourth-order valence-electron chi connectivity index (χ4n) is 4.41. The average Bonchev–Trinajstić information content (AvgIpc) is 2.57. The van der Waals surface area contributed by atoms with Crippen LogP contribution in [0, 0.1) is 5.92 Å². The molecule has 0 spiro atoms. The van der Waals surface area contributed by atoms with E-state index in [-0.39, 0.29) is 0 Å². The second kappa shape index (κ2) is 5.47. The lowest BCUT2D eigenvalue weighted by Gasteiger charge is -2.52. The van der Waals surface area contributed by atoms with Crippen molar-refractivity contribution in [1.29, 1.82) is 0 Å². The molecule has 2 unspecified atom stereocenters. The predicted molar refractivity (Wildman–Crippen MR) is 81.7 cm³/mol. The summed E-state index contributed by atoms with van der Waals surface area (Å²) < 4.78 is 0. The molecule has 4 aliphatic rings. The standard InChI is InChI=1S/C17H25N3/c1-2-4-14(5-3-1)16-12-18-8-11-20(16)17-13-19-9-6-15(17)7-10-19/h1-5,15-18H,6-13H2. The van der Waals surface area contributed by atoms with Gasteiger partial charge in [-0.1, -0.05) is 30.3 Å². The predicted octanol–water partition coefficient (Wildman–Crippen LogP) is 1.73. The summed E-state index contributed by atoms with van der Waals surface area (Å²) >= 11 is 0. The molecule has 0 radical (unpaired) electrons. The van der Waals surface area contributed by atoms with E-state index in [4.69, 9.17) is 0 Å². The van der Waals surface area contributed by atoms with E-state index in [9.17, 15) is 0 Å². The number of hydrogen-bond acceptors (Lipinski definition) is 3. The second-order valence-electron chi connectivity index (χ2n) is 6.57. The highest BCUT2D eigenvalue weighted by molar-refractivity contribution is 5.20. The molecule has 0 saturated carbocycles. The third-order valence-corrected chi connectivity index (χ3v) is 5.52. The van der Waals surface area contributed by atoms with Gasteiger partial charge < -0.3 is 10.2 Å². The molecule has 20 heavy (non-hydrogen) atoms. The van der Waals surface area contributed by atoms with Crippen molar-refractivity contribution in [2.24, 2.45) is 5.92 Å². The minimum absolute atomic E-state index is 0.565. The highest BCUT2D eigenvalue weighted by Crippen LogP contribution is 2.35. The van der Waals surface area contributed by atoms with Crippen LogP contribution in [-0.4, -0.2) is 55.1 Å². The third-order valence-electron chi connectivity index (χ3n) is 5.52. The van der Waals surface area contributed by atoms with E-state index >= 15 is 0 Å². The molecule has 2 atom stereocenters. The number of rotatable bonds is 2. The monoisotopic (exact) mass is 271 g/mol. The van der Waals surface area contributed by atoms with E-state index in [0.717, 1.165) is 25.0 Å². The quantitative estimate of drug-likeness (QED) is 0.884. The molecular weight excluding hydrogens is 246 g/mol. The second-order valence-corrected chi connectivity index (χ2v) is 6.57. The van der Waals surface area contributed by atoms with Gasteiger partial charge in [0.2, 0.25) is 0 Å². The van der Waals surface area contributed by atoms with E-state index in [1.54, 1.807) is 0 Å². The fraction of sp³-hybridized carbons (Fsp3) is 0.647. The van der Waals surface area contributed by atoms with E-state index in [0.29, 0.717) is 6.04 Å². The molecule has 3 heteroatoms. The highest BCUT2D eigenvalue weighted by Gasteiger charge is 2.40. The van der Waals surface area contributed by atoms with E-state index in [2.05, 4.69) is 45.4 Å². The molecule has 4 saturated heterocycles. The van der Waals surface area contributed by atoms with Gasteiger partial charge in [0.1, 0.15) is 0 Å². The van der Waals surface area contributed by atoms with Gasteiger partial charge in [0.15, 0.2) is 0 Å². The third kappa shape index (κ3) is 2.28. The first-order valence-electron chi connectivity index (χ1n) is 8.15. The van der Waals surface area contributed by atoms with Crippen molar-refractivity contribution in [3.05, 3.63) is 35.9 Å². The summed E-state index contributed by atoms with van der Waals surface area (Å²) in [6.07, 6.45) is 2.83. The van der Waals surface area contributed by atoms with Crippen LogP contribution in [0.5, 0.6) is 0 Å². The Kier molecular flexibility index (Phi) is 3.51. The Morgan fingerprint density at radius 3 is 2.50 bits per heavy atom. The summed E-state index contributed by atoms with van der Waals surface area (Å²) in [4.78, 5) is 5.48. The van der Waals surface area contributed by atoms with Gasteiger partial charge in [0.25, 0.3) is 0 Å². The molecule has 5 rings (SSSR count). The summed E-state index contributed by atoms with van der Waals surface area (Å²) in [5, 5.41) is 3.59. The van der Waals surface area contributed by atoms with Gasteiger partial charge in [-0.05, 0) is 37.4 Å². The van der Waals surface area contributed by atoms with Crippen molar-refractivity contribution in [2.75, 3.05) is 39.3 Å². The molecule has 1 aromatic rings. The zero-order chi connectivity index (χ0) is 13.4. The first kappa shape index (κ1) is 12.8. The van der Waals surface area contributed by atoms with E-state index in [1.165, 1.54) is 44.6 Å². The molecule has 2 bridgehead atoms. The molecular formula is C17H25N3. The normalized spacial score (nSPS) is 38.0. The van der Waals surface area contributed by atoms with Gasteiger partial charge in [-0.25, -0.2) is 0 Å². The summed E-state index contributed by atoms with van der Waals surface area (Å²) in [7, 11) is 0. The van der Waals surface area contributed by atoms with Crippen LogP contribution in [0.2, 0.25) is 0 Å². The summed E-state index contributed by atoms with van der Waals surface area (Å²) in [5.41, 5.74) is 1.48. The smallest absolute Gasteiger partial charge is 0.0476 e. The van der Waals surface area contributed by atoms with Gasteiger partial charge >= 0.3 is 0 Å². The first-order chi connectivity index (χ1) is 9.92. The topological polar surface area (TPSA) is 18.5 Å². The van der Waals surface area contributed by atoms with Crippen LogP contribution in [0.3, 0.4) is 0 Å². The average molecular weight is 271 g/mol. The van der Waals surface area contributed by atoms with Gasteiger partial charge in [-0.15, -0.1) is 0 Å². The molecule has 1 aromatic carbocycles. The number of fused-ring (bicyclic) bond motifs is 3. The molecule has 1 N–H and O–H groups in total. The summed E-state index contributed by atoms with van der Waals surface area (Å²) in [6, 6.07) is 12.4. The van der Waals surface area contributed by atoms with Crippen molar-refractivity contribution in [3.8, 4) is 0 Å². The lowest BCUT2D eigenvalue weighted by Crippen LogP contribution is -2.61. The zero-order valence-electron chi connectivity index (χ0n) is 12.2. The number of piperidine rings is 3. The minimum Gasteiger partial charge on any atom is -0.314 e. The van der Waals surface area contributed by atoms with Crippen molar-refractivity contribution in [2.45, 2.75) is 24.9 Å². The summed E-state index contributed by atoms with van der Waals surface area (Å²) in [5.74, 6) is 0.935. The Balaban J connectivity index is 1.58.